The molecule has 1 rings (SSSR count). The summed E-state index contributed by atoms with van der Waals surface area (Å²) in [6.07, 6.45) is 3.66. The summed E-state index contributed by atoms with van der Waals surface area (Å²) in [5.74, 6) is 0. The number of aromatic nitrogens is 1. The minimum Gasteiger partial charge on any atom is -0.249 e. The van der Waals surface area contributed by atoms with Gasteiger partial charge in [-0.05, 0) is 13.8 Å². The summed E-state index contributed by atoms with van der Waals surface area (Å²) in [5.41, 5.74) is 1.37. The van der Waals surface area contributed by atoms with E-state index in [0.717, 1.165) is 15.5 Å². The monoisotopic (exact) mass is 190 g/mol. The number of aryl methyl sites for hydroxylation is 1. The number of nitrogens with zero attached hydrogens (tertiary/aromatic N) is 2. The second-order valence-electron chi connectivity index (χ2n) is 2.54. The van der Waals surface area contributed by atoms with Crippen molar-refractivity contribution < 1.29 is 0 Å². The van der Waals surface area contributed by atoms with Gasteiger partial charge in [-0.1, -0.05) is 12.7 Å². The molecule has 1 aromatic heterocycles. The second-order valence-corrected chi connectivity index (χ2v) is 3.77. The van der Waals surface area contributed by atoms with Gasteiger partial charge in [0.05, 0.1) is 21.5 Å². The molecule has 0 bridgehead atoms. The molecule has 0 radical (unpaired) electrons. The third-order valence-electron chi connectivity index (χ3n) is 1.64. The van der Waals surface area contributed by atoms with Crippen molar-refractivity contribution in [3.8, 4) is 6.07 Å². The molecular weight excluding hydrogens is 180 g/mol. The maximum absolute atomic E-state index is 8.70. The van der Waals surface area contributed by atoms with E-state index in [2.05, 4.69) is 11.6 Å². The Bertz CT molecular complexity index is 393. The van der Waals surface area contributed by atoms with Crippen LogP contribution in [0.15, 0.2) is 24.4 Å². The molecule has 0 unspecified atom stereocenters. The summed E-state index contributed by atoms with van der Waals surface area (Å²) < 4.78 is 0. The van der Waals surface area contributed by atoms with Gasteiger partial charge >= 0.3 is 0 Å². The number of nitriles is 1. The van der Waals surface area contributed by atoms with Gasteiger partial charge in [0.15, 0.2) is 0 Å². The van der Waals surface area contributed by atoms with Gasteiger partial charge in [-0.3, -0.25) is 0 Å². The van der Waals surface area contributed by atoms with E-state index in [0.29, 0.717) is 5.57 Å². The van der Waals surface area contributed by atoms with Crippen molar-refractivity contribution in [2.24, 2.45) is 0 Å². The standard InChI is InChI=1S/C10H10N2S/c1-4-9(7(2)5-11)10-6-12-8(3)13-10/h4,6H,2H2,1,3H3/b9-4+. The number of allylic oxidation sites excluding steroid dienone is 3. The zero-order valence-electron chi connectivity index (χ0n) is 7.66. The van der Waals surface area contributed by atoms with Crippen LogP contribution < -0.4 is 0 Å². The molecule has 0 atom stereocenters. The zero-order valence-corrected chi connectivity index (χ0v) is 8.48. The highest BCUT2D eigenvalue weighted by Gasteiger charge is 2.06. The molecule has 0 aliphatic heterocycles. The Morgan fingerprint density at radius 3 is 2.85 bits per heavy atom. The Kier molecular flexibility index (Phi) is 2.99. The molecule has 0 spiro atoms. The van der Waals surface area contributed by atoms with Gasteiger partial charge in [-0.2, -0.15) is 5.26 Å². The van der Waals surface area contributed by atoms with Crippen molar-refractivity contribution in [1.82, 2.24) is 4.98 Å². The summed E-state index contributed by atoms with van der Waals surface area (Å²) in [6, 6.07) is 2.04. The molecule has 0 amide bonds. The average Bonchev–Trinajstić information content (AvgIpc) is 2.53. The summed E-state index contributed by atoms with van der Waals surface area (Å²) in [5, 5.41) is 9.70. The van der Waals surface area contributed by atoms with Gasteiger partial charge in [0.2, 0.25) is 0 Å². The van der Waals surface area contributed by atoms with E-state index in [1.54, 1.807) is 17.5 Å². The van der Waals surface area contributed by atoms with Crippen molar-refractivity contribution >= 4 is 16.9 Å². The minimum absolute atomic E-state index is 0.492. The fourth-order valence-electron chi connectivity index (χ4n) is 1.01. The van der Waals surface area contributed by atoms with E-state index in [4.69, 9.17) is 5.26 Å². The van der Waals surface area contributed by atoms with Crippen LogP contribution in [0.1, 0.15) is 16.8 Å². The highest BCUT2D eigenvalue weighted by molar-refractivity contribution is 7.12. The molecule has 0 aliphatic rings. The Hall–Kier alpha value is -1.40. The summed E-state index contributed by atoms with van der Waals surface area (Å²) >= 11 is 1.57. The van der Waals surface area contributed by atoms with Crippen molar-refractivity contribution in [1.29, 1.82) is 5.26 Å². The smallest absolute Gasteiger partial charge is 0.0992 e. The quantitative estimate of drug-likeness (QED) is 0.531. The molecule has 0 saturated carbocycles. The second kappa shape index (κ2) is 4.01. The lowest BCUT2D eigenvalue weighted by molar-refractivity contribution is 1.29. The lowest BCUT2D eigenvalue weighted by atomic mass is 10.1. The van der Waals surface area contributed by atoms with E-state index >= 15 is 0 Å². The first kappa shape index (κ1) is 9.69. The maximum atomic E-state index is 8.70. The first-order chi connectivity index (χ1) is 6.19. The lowest BCUT2D eigenvalue weighted by Crippen LogP contribution is -1.81. The number of hydrogen-bond acceptors (Lipinski definition) is 3. The number of thiazole rings is 1. The van der Waals surface area contributed by atoms with Gasteiger partial charge in [0.1, 0.15) is 0 Å². The molecule has 2 nitrogen and oxygen atoms in total. The van der Waals surface area contributed by atoms with E-state index < -0.39 is 0 Å². The SMILES string of the molecule is C=C(C#N)/C(=C\C)c1cnc(C)s1. The third kappa shape index (κ3) is 2.04. The molecule has 13 heavy (non-hydrogen) atoms. The molecule has 0 aromatic carbocycles. The summed E-state index contributed by atoms with van der Waals surface area (Å²) in [7, 11) is 0. The van der Waals surface area contributed by atoms with E-state index in [1.165, 1.54) is 0 Å². The highest BCUT2D eigenvalue weighted by Crippen LogP contribution is 2.26. The van der Waals surface area contributed by atoms with Crippen LogP contribution in [0.5, 0.6) is 0 Å². The first-order valence-corrected chi connectivity index (χ1v) is 4.69. The molecule has 0 aliphatic carbocycles. The minimum atomic E-state index is 0.492. The number of hydrogen-bond donors (Lipinski definition) is 0. The molecule has 1 heterocycles. The van der Waals surface area contributed by atoms with Crippen LogP contribution in [-0.2, 0) is 0 Å². The molecule has 66 valence electrons. The van der Waals surface area contributed by atoms with Crippen LogP contribution >= 0.6 is 11.3 Å². The van der Waals surface area contributed by atoms with Crippen molar-refractivity contribution in [3.63, 3.8) is 0 Å². The number of rotatable bonds is 2. The fraction of sp³-hybridized carbons (Fsp3) is 0.200. The van der Waals surface area contributed by atoms with Gasteiger partial charge in [-0.15, -0.1) is 11.3 Å². The largest absolute Gasteiger partial charge is 0.249 e. The molecule has 0 fully saturated rings. The van der Waals surface area contributed by atoms with Crippen LogP contribution in [-0.4, -0.2) is 4.98 Å². The van der Waals surface area contributed by atoms with Gasteiger partial charge in [-0.25, -0.2) is 4.98 Å². The Morgan fingerprint density at radius 2 is 2.46 bits per heavy atom. The van der Waals surface area contributed by atoms with Crippen molar-refractivity contribution in [2.45, 2.75) is 13.8 Å². The highest BCUT2D eigenvalue weighted by atomic mass is 32.1. The Labute approximate surface area is 81.9 Å². The molecular formula is C10H10N2S. The van der Waals surface area contributed by atoms with Crippen LogP contribution in [0.3, 0.4) is 0 Å². The van der Waals surface area contributed by atoms with Crippen LogP contribution in [0.25, 0.3) is 5.57 Å². The van der Waals surface area contributed by atoms with Gasteiger partial charge in [0, 0.05) is 11.8 Å². The van der Waals surface area contributed by atoms with Crippen LogP contribution in [0.2, 0.25) is 0 Å². The van der Waals surface area contributed by atoms with Crippen molar-refractivity contribution in [3.05, 3.63) is 34.3 Å². The Balaban J connectivity index is 3.07. The Morgan fingerprint density at radius 1 is 1.77 bits per heavy atom. The van der Waals surface area contributed by atoms with Gasteiger partial charge < -0.3 is 0 Å². The third-order valence-corrected chi connectivity index (χ3v) is 2.58. The van der Waals surface area contributed by atoms with E-state index in [9.17, 15) is 0 Å². The van der Waals surface area contributed by atoms with E-state index in [1.807, 2.05) is 26.0 Å². The topological polar surface area (TPSA) is 36.7 Å². The van der Waals surface area contributed by atoms with Crippen molar-refractivity contribution in [2.75, 3.05) is 0 Å². The summed E-state index contributed by atoms with van der Waals surface area (Å²) in [4.78, 5) is 5.14. The summed E-state index contributed by atoms with van der Waals surface area (Å²) in [6.45, 7) is 7.52. The van der Waals surface area contributed by atoms with Gasteiger partial charge in [0.25, 0.3) is 0 Å². The van der Waals surface area contributed by atoms with Crippen LogP contribution in [0, 0.1) is 18.3 Å². The predicted molar refractivity (Wildman–Crippen MR) is 55.3 cm³/mol. The lowest BCUT2D eigenvalue weighted by Gasteiger charge is -1.98. The maximum Gasteiger partial charge on any atom is 0.0992 e. The van der Waals surface area contributed by atoms with Crippen LogP contribution in [0.4, 0.5) is 0 Å². The van der Waals surface area contributed by atoms with E-state index in [-0.39, 0.29) is 0 Å². The molecule has 0 N–H and O–H groups in total. The molecule has 0 saturated heterocycles. The fourth-order valence-corrected chi connectivity index (χ4v) is 1.89. The first-order valence-electron chi connectivity index (χ1n) is 3.87. The normalized spacial score (nSPS) is 11.0. The zero-order chi connectivity index (χ0) is 9.84. The molecule has 3 heteroatoms. The average molecular weight is 190 g/mol. The predicted octanol–water partition coefficient (Wildman–Crippen LogP) is 2.93. The molecule has 1 aromatic rings.